The van der Waals surface area contributed by atoms with Gasteiger partial charge in [-0.25, -0.2) is 9.78 Å². The first kappa shape index (κ1) is 33.9. The van der Waals surface area contributed by atoms with Crippen molar-refractivity contribution < 1.29 is 29.0 Å². The zero-order valence-electron chi connectivity index (χ0n) is 27.9. The second kappa shape index (κ2) is 14.6. The summed E-state index contributed by atoms with van der Waals surface area (Å²) in [5.74, 6) is -2.11. The van der Waals surface area contributed by atoms with Gasteiger partial charge in [0.05, 0.1) is 17.8 Å². The van der Waals surface area contributed by atoms with Crippen LogP contribution in [0.4, 0.5) is 0 Å². The summed E-state index contributed by atoms with van der Waals surface area (Å²) >= 11 is 0. The van der Waals surface area contributed by atoms with Gasteiger partial charge in [-0.15, -0.1) is 6.58 Å². The quantitative estimate of drug-likeness (QED) is 0.264. The van der Waals surface area contributed by atoms with E-state index in [1.807, 2.05) is 61.5 Å². The third-order valence-electron chi connectivity index (χ3n) is 9.85. The van der Waals surface area contributed by atoms with Crippen molar-refractivity contribution in [1.82, 2.24) is 20.5 Å². The summed E-state index contributed by atoms with van der Waals surface area (Å²) in [5, 5.41) is 16.5. The van der Waals surface area contributed by atoms with Crippen LogP contribution >= 0.6 is 0 Å². The number of unbranched alkanes of at least 4 members (excludes halogenated alkanes) is 1. The molecule has 256 valence electrons. The number of carbonyl (C=O) groups excluding carboxylic acids is 3. The van der Waals surface area contributed by atoms with Gasteiger partial charge in [-0.05, 0) is 49.8 Å². The first-order valence-corrected chi connectivity index (χ1v) is 17.3. The van der Waals surface area contributed by atoms with E-state index in [2.05, 4.69) is 29.4 Å². The molecule has 3 N–H and O–H groups in total. The fourth-order valence-electron chi connectivity index (χ4n) is 6.94. The predicted octanol–water partition coefficient (Wildman–Crippen LogP) is 5.66. The van der Waals surface area contributed by atoms with E-state index < -0.39 is 41.5 Å². The Bertz CT molecular complexity index is 1770. The molecule has 3 heterocycles. The van der Waals surface area contributed by atoms with Crippen LogP contribution in [0.1, 0.15) is 70.3 Å². The molecule has 2 aliphatic heterocycles. The maximum atomic E-state index is 14.3. The van der Waals surface area contributed by atoms with Crippen molar-refractivity contribution in [3.05, 3.63) is 78.9 Å². The number of aliphatic carboxylic acids is 1. The number of amides is 3. The number of fused-ring (bicyclic) bond motifs is 3. The third kappa shape index (κ3) is 7.38. The van der Waals surface area contributed by atoms with Gasteiger partial charge in [0.25, 0.3) is 0 Å². The maximum absolute atomic E-state index is 14.3. The lowest BCUT2D eigenvalue weighted by Gasteiger charge is -2.29. The Labute approximate surface area is 286 Å². The minimum absolute atomic E-state index is 0.0878. The number of carbonyl (C=O) groups is 4. The Kier molecular flexibility index (Phi) is 10.1. The molecular formula is C39H44N4O6. The van der Waals surface area contributed by atoms with E-state index in [0.717, 1.165) is 47.0 Å². The van der Waals surface area contributed by atoms with E-state index in [9.17, 15) is 24.3 Å². The van der Waals surface area contributed by atoms with Crippen LogP contribution < -0.4 is 15.4 Å². The molecule has 1 aromatic heterocycles. The van der Waals surface area contributed by atoms with Gasteiger partial charge < -0.3 is 25.4 Å². The molecule has 2 fully saturated rings. The van der Waals surface area contributed by atoms with Gasteiger partial charge in [-0.2, -0.15) is 0 Å². The fraction of sp³-hybridized carbons (Fsp3) is 0.410. The average molecular weight is 665 g/mol. The topological polar surface area (TPSA) is 138 Å². The molecule has 10 heteroatoms. The monoisotopic (exact) mass is 664 g/mol. The van der Waals surface area contributed by atoms with Crippen LogP contribution in [0.15, 0.2) is 73.3 Å². The molecule has 2 aromatic carbocycles. The zero-order valence-corrected chi connectivity index (χ0v) is 27.9. The summed E-state index contributed by atoms with van der Waals surface area (Å²) in [5.41, 5.74) is 1.92. The van der Waals surface area contributed by atoms with Gasteiger partial charge in [-0.3, -0.25) is 14.4 Å². The Morgan fingerprint density at radius 3 is 2.71 bits per heavy atom. The summed E-state index contributed by atoms with van der Waals surface area (Å²) in [6, 6.07) is 15.9. The smallest absolute Gasteiger partial charge is 0.330 e. The van der Waals surface area contributed by atoms with E-state index in [-0.39, 0.29) is 37.6 Å². The highest BCUT2D eigenvalue weighted by Crippen LogP contribution is 2.45. The van der Waals surface area contributed by atoms with Crippen LogP contribution in [0.2, 0.25) is 0 Å². The second-order valence-corrected chi connectivity index (χ2v) is 13.4. The predicted molar refractivity (Wildman–Crippen MR) is 187 cm³/mol. The zero-order chi connectivity index (χ0) is 34.5. The number of nitrogens with one attached hydrogen (secondary N) is 2. The first-order chi connectivity index (χ1) is 23.7. The van der Waals surface area contributed by atoms with Crippen molar-refractivity contribution in [2.24, 2.45) is 5.92 Å². The van der Waals surface area contributed by atoms with E-state index in [1.165, 1.54) is 11.0 Å². The highest BCUT2D eigenvalue weighted by molar-refractivity contribution is 5.96. The number of nitrogens with zero attached hydrogens (tertiary/aromatic N) is 2. The standard InChI is InChI=1S/C39H44N4O6/c1-3-5-16-31-37(46)43-24-28(21-33(43)36(45)42-39(38(47)48)23-27(39)4-2)49-34-22-32(26-14-10-8-11-15-26)40-30-19-18-25(20-29(30)34)13-9-6-7-12-17-35(44)41-31/h4,8-11,13-15,18-20,22,27-28,31,33H,2-3,5-7,12,16-17,21,23-24H2,1H3,(H,41,44)(H,42,45)(H,47,48)/b13-9-/t27-,28-,31+,33+,39-/m1/s1. The van der Waals surface area contributed by atoms with Crippen molar-refractivity contribution in [3.8, 4) is 17.0 Å². The number of aromatic nitrogens is 1. The van der Waals surface area contributed by atoms with Gasteiger partial charge in [-0.1, -0.05) is 74.4 Å². The molecule has 3 aliphatic rings. The minimum atomic E-state index is -1.45. The van der Waals surface area contributed by atoms with Gasteiger partial charge in [0, 0.05) is 35.8 Å². The number of carboxylic acids is 1. The second-order valence-electron chi connectivity index (χ2n) is 13.4. The number of allylic oxidation sites excluding steroid dienone is 1. The van der Waals surface area contributed by atoms with E-state index in [0.29, 0.717) is 25.0 Å². The van der Waals surface area contributed by atoms with Gasteiger partial charge >= 0.3 is 5.97 Å². The van der Waals surface area contributed by atoms with Crippen molar-refractivity contribution >= 4 is 40.7 Å². The maximum Gasteiger partial charge on any atom is 0.330 e. The van der Waals surface area contributed by atoms with Crippen LogP contribution in [0.5, 0.6) is 5.75 Å². The van der Waals surface area contributed by atoms with Crippen LogP contribution in [0.3, 0.4) is 0 Å². The molecule has 0 radical (unpaired) electrons. The average Bonchev–Trinajstić information content (AvgIpc) is 3.67. The largest absolute Gasteiger partial charge is 0.488 e. The van der Waals surface area contributed by atoms with Crippen LogP contribution in [0, 0.1) is 5.92 Å². The van der Waals surface area contributed by atoms with Crippen molar-refractivity contribution in [2.75, 3.05) is 6.54 Å². The number of rotatable bonds is 8. The fourth-order valence-corrected chi connectivity index (χ4v) is 6.94. The summed E-state index contributed by atoms with van der Waals surface area (Å²) in [4.78, 5) is 60.0. The minimum Gasteiger partial charge on any atom is -0.488 e. The van der Waals surface area contributed by atoms with Crippen LogP contribution in [-0.4, -0.2) is 69.0 Å². The van der Waals surface area contributed by atoms with E-state index >= 15 is 0 Å². The lowest BCUT2D eigenvalue weighted by Crippen LogP contribution is -2.56. The Morgan fingerprint density at radius 1 is 1.16 bits per heavy atom. The molecule has 4 bridgehead atoms. The highest BCUT2D eigenvalue weighted by atomic mass is 16.5. The van der Waals surface area contributed by atoms with Crippen LogP contribution in [-0.2, 0) is 19.2 Å². The molecule has 10 nitrogen and oxygen atoms in total. The first-order valence-electron chi connectivity index (χ1n) is 17.3. The van der Waals surface area contributed by atoms with Gasteiger partial charge in [0.15, 0.2) is 0 Å². The van der Waals surface area contributed by atoms with Gasteiger partial charge in [0.1, 0.15) is 29.5 Å². The summed E-state index contributed by atoms with van der Waals surface area (Å²) in [6.07, 6.45) is 10.0. The van der Waals surface area contributed by atoms with Crippen molar-refractivity contribution in [3.63, 3.8) is 0 Å². The molecular weight excluding hydrogens is 620 g/mol. The van der Waals surface area contributed by atoms with Gasteiger partial charge in [0.2, 0.25) is 17.7 Å². The lowest BCUT2D eigenvalue weighted by atomic mass is 10.1. The van der Waals surface area contributed by atoms with E-state index in [1.54, 1.807) is 0 Å². The Morgan fingerprint density at radius 2 is 1.98 bits per heavy atom. The lowest BCUT2D eigenvalue weighted by molar-refractivity contribution is -0.146. The number of pyridine rings is 1. The summed E-state index contributed by atoms with van der Waals surface area (Å²) < 4.78 is 6.72. The van der Waals surface area contributed by atoms with Crippen molar-refractivity contribution in [2.45, 2.75) is 88.4 Å². The van der Waals surface area contributed by atoms with Crippen molar-refractivity contribution in [1.29, 1.82) is 0 Å². The Balaban J connectivity index is 1.39. The number of hydrogen-bond donors (Lipinski definition) is 3. The number of hydrogen-bond acceptors (Lipinski definition) is 6. The molecule has 5 atom stereocenters. The molecule has 49 heavy (non-hydrogen) atoms. The third-order valence-corrected chi connectivity index (χ3v) is 9.85. The molecule has 0 spiro atoms. The summed E-state index contributed by atoms with van der Waals surface area (Å²) in [7, 11) is 0. The molecule has 1 saturated carbocycles. The summed E-state index contributed by atoms with van der Waals surface area (Å²) in [6.45, 7) is 5.83. The van der Waals surface area contributed by atoms with E-state index in [4.69, 9.17) is 9.72 Å². The number of ether oxygens (including phenoxy) is 1. The molecule has 3 aromatic rings. The molecule has 1 aliphatic carbocycles. The molecule has 1 saturated heterocycles. The SMILES string of the molecule is C=C[C@@H]1C[C@]1(NC(=O)[C@@H]1C[C@@H]2CN1C(=O)[C@H](CCCC)NC(=O)CCCC/C=C\c1ccc3nc(-c4ccccc4)cc(c3c1)O2)C(=O)O. The number of benzene rings is 2. The Hall–Kier alpha value is -4.99. The normalized spacial score (nSPS) is 26.3. The van der Waals surface area contributed by atoms with Crippen LogP contribution in [0.25, 0.3) is 28.2 Å². The molecule has 6 rings (SSSR count). The highest BCUT2D eigenvalue weighted by Gasteiger charge is 2.61. The molecule has 0 unspecified atom stereocenters. The number of carboxylic acid groups (broad SMARTS) is 1. The molecule has 3 amide bonds.